The molecule has 6 nitrogen and oxygen atoms in total. The summed E-state index contributed by atoms with van der Waals surface area (Å²) in [5.41, 5.74) is 1.46. The third-order valence-corrected chi connectivity index (χ3v) is 10.0. The molecule has 6 heteroatoms. The van der Waals surface area contributed by atoms with Gasteiger partial charge in [-0.15, -0.1) is 0 Å². The van der Waals surface area contributed by atoms with Gasteiger partial charge >= 0.3 is 11.9 Å². The zero-order valence-electron chi connectivity index (χ0n) is 21.8. The van der Waals surface area contributed by atoms with E-state index in [0.717, 1.165) is 84.2 Å². The first-order valence-electron chi connectivity index (χ1n) is 13.5. The normalized spacial score (nSPS) is 41.1. The molecule has 0 aromatic carbocycles. The maximum absolute atomic E-state index is 12.3. The quantitative estimate of drug-likeness (QED) is 0.408. The maximum atomic E-state index is 12.3. The Kier molecular flexibility index (Phi) is 7.78. The number of carbonyl (C=O) groups is 2. The van der Waals surface area contributed by atoms with Gasteiger partial charge in [0.15, 0.2) is 0 Å². The summed E-state index contributed by atoms with van der Waals surface area (Å²) >= 11 is 0. The van der Waals surface area contributed by atoms with Crippen molar-refractivity contribution in [3.05, 3.63) is 12.2 Å². The molecular formula is C28H45NO5. The molecular weight excluding hydrogens is 430 g/mol. The molecule has 4 aliphatic rings. The number of hydrogen-bond donors (Lipinski definition) is 0. The number of ether oxygens (including phenoxy) is 3. The van der Waals surface area contributed by atoms with Crippen molar-refractivity contribution in [1.29, 1.82) is 0 Å². The number of morpholine rings is 1. The van der Waals surface area contributed by atoms with Crippen molar-refractivity contribution in [2.45, 2.75) is 91.3 Å². The third-order valence-electron chi connectivity index (χ3n) is 10.0. The molecule has 0 N–H and O–H groups in total. The second-order valence-electron chi connectivity index (χ2n) is 11.8. The summed E-state index contributed by atoms with van der Waals surface area (Å²) in [5.74, 6) is 0.749. The monoisotopic (exact) mass is 475 g/mol. The van der Waals surface area contributed by atoms with Crippen LogP contribution in [0.2, 0.25) is 0 Å². The molecule has 1 saturated heterocycles. The average molecular weight is 476 g/mol. The highest BCUT2D eigenvalue weighted by Crippen LogP contribution is 2.62. The summed E-state index contributed by atoms with van der Waals surface area (Å²) in [6.45, 7) is 16.9. The fourth-order valence-electron chi connectivity index (χ4n) is 7.87. The Hall–Kier alpha value is -1.40. The Morgan fingerprint density at radius 1 is 1.03 bits per heavy atom. The maximum Gasteiger partial charge on any atom is 0.302 e. The van der Waals surface area contributed by atoms with Crippen LogP contribution in [0.25, 0.3) is 0 Å². The van der Waals surface area contributed by atoms with Crippen molar-refractivity contribution < 1.29 is 23.8 Å². The molecule has 1 aliphatic heterocycles. The van der Waals surface area contributed by atoms with E-state index in [0.29, 0.717) is 17.8 Å². The number of nitrogens with zero attached hydrogens (tertiary/aromatic N) is 1. The van der Waals surface area contributed by atoms with E-state index in [1.165, 1.54) is 12.5 Å². The summed E-state index contributed by atoms with van der Waals surface area (Å²) in [6.07, 6.45) is 8.10. The van der Waals surface area contributed by atoms with E-state index in [1.54, 1.807) is 6.92 Å². The lowest BCUT2D eigenvalue weighted by Crippen LogP contribution is -2.54. The van der Waals surface area contributed by atoms with Gasteiger partial charge in [-0.05, 0) is 74.7 Å². The van der Waals surface area contributed by atoms with Crippen molar-refractivity contribution in [2.75, 3.05) is 32.8 Å². The Morgan fingerprint density at radius 3 is 2.41 bits per heavy atom. The summed E-state index contributed by atoms with van der Waals surface area (Å²) in [7, 11) is 0. The van der Waals surface area contributed by atoms with Crippen molar-refractivity contribution in [1.82, 2.24) is 4.90 Å². The second kappa shape index (κ2) is 10.3. The van der Waals surface area contributed by atoms with Gasteiger partial charge in [0.1, 0.15) is 12.2 Å². The molecule has 0 aromatic rings. The van der Waals surface area contributed by atoms with E-state index in [2.05, 4.69) is 25.3 Å². The van der Waals surface area contributed by atoms with Crippen LogP contribution in [0.4, 0.5) is 0 Å². The highest BCUT2D eigenvalue weighted by molar-refractivity contribution is 5.66. The third kappa shape index (κ3) is 5.09. The van der Waals surface area contributed by atoms with E-state index in [-0.39, 0.29) is 35.0 Å². The summed E-state index contributed by atoms with van der Waals surface area (Å²) in [5, 5.41) is 0. The first kappa shape index (κ1) is 25.7. The number of allylic oxidation sites excluding steroid dienone is 1. The van der Waals surface area contributed by atoms with E-state index < -0.39 is 0 Å². The molecule has 1 heterocycles. The molecule has 0 spiro atoms. The molecule has 0 amide bonds. The zero-order chi connectivity index (χ0) is 24.5. The van der Waals surface area contributed by atoms with Crippen molar-refractivity contribution in [3.8, 4) is 0 Å². The smallest absolute Gasteiger partial charge is 0.302 e. The van der Waals surface area contributed by atoms with Gasteiger partial charge in [-0.25, -0.2) is 0 Å². The summed E-state index contributed by atoms with van der Waals surface area (Å²) < 4.78 is 17.4. The second-order valence-corrected chi connectivity index (χ2v) is 11.8. The van der Waals surface area contributed by atoms with Crippen LogP contribution in [0.3, 0.4) is 0 Å². The number of esters is 2. The van der Waals surface area contributed by atoms with Crippen LogP contribution in [-0.2, 0) is 23.8 Å². The molecule has 4 fully saturated rings. The standard InChI is InChI=1S/C28H45NO5/c1-19-6-7-24-26(34-21(3)31)25(9-12-27(19,24)4)28(5)11-8-23(33-20(2)30)18-22(28)10-13-29-14-16-32-17-15-29/h22-26H,1,6-18H2,2-5H3/t22-,23-,24?,25?,26?,27?,28-/m0/s1. The van der Waals surface area contributed by atoms with Crippen LogP contribution in [0.15, 0.2) is 12.2 Å². The fourth-order valence-corrected chi connectivity index (χ4v) is 7.87. The Bertz CT molecular complexity index is 777. The van der Waals surface area contributed by atoms with Crippen LogP contribution in [0, 0.1) is 28.6 Å². The first-order chi connectivity index (χ1) is 16.1. The largest absolute Gasteiger partial charge is 0.463 e. The van der Waals surface area contributed by atoms with Crippen LogP contribution in [0.5, 0.6) is 0 Å². The summed E-state index contributed by atoms with van der Waals surface area (Å²) in [6, 6.07) is 0. The molecule has 4 unspecified atom stereocenters. The predicted molar refractivity (Wildman–Crippen MR) is 131 cm³/mol. The molecule has 3 saturated carbocycles. The lowest BCUT2D eigenvalue weighted by molar-refractivity contribution is -0.177. The van der Waals surface area contributed by atoms with Crippen molar-refractivity contribution >= 4 is 11.9 Å². The number of rotatable bonds is 6. The molecule has 4 rings (SSSR count). The van der Waals surface area contributed by atoms with Crippen LogP contribution >= 0.6 is 0 Å². The van der Waals surface area contributed by atoms with Gasteiger partial charge in [-0.2, -0.15) is 0 Å². The molecule has 0 radical (unpaired) electrons. The van der Waals surface area contributed by atoms with Gasteiger partial charge in [0.25, 0.3) is 0 Å². The van der Waals surface area contributed by atoms with Gasteiger partial charge < -0.3 is 14.2 Å². The van der Waals surface area contributed by atoms with Crippen LogP contribution < -0.4 is 0 Å². The Labute approximate surface area is 205 Å². The predicted octanol–water partition coefficient (Wildman–Crippen LogP) is 4.76. The molecule has 192 valence electrons. The number of fused-ring (bicyclic) bond motifs is 1. The SMILES string of the molecule is C=C1CCC2C(OC(C)=O)C([C@@]3(C)CC[C@H](OC(C)=O)C[C@@H]3CCN3CCOCC3)CCC12C. The molecule has 34 heavy (non-hydrogen) atoms. The van der Waals surface area contributed by atoms with Crippen molar-refractivity contribution in [2.24, 2.45) is 28.6 Å². The first-order valence-corrected chi connectivity index (χ1v) is 13.5. The molecule has 3 aliphatic carbocycles. The average Bonchev–Trinajstić information content (AvgIpc) is 3.09. The Balaban J connectivity index is 1.58. The lowest BCUT2D eigenvalue weighted by Gasteiger charge is -2.56. The zero-order valence-corrected chi connectivity index (χ0v) is 21.8. The fraction of sp³-hybridized carbons (Fsp3) is 0.857. The molecule has 0 bridgehead atoms. The Morgan fingerprint density at radius 2 is 1.74 bits per heavy atom. The van der Waals surface area contributed by atoms with Crippen LogP contribution in [0.1, 0.15) is 79.1 Å². The van der Waals surface area contributed by atoms with Crippen molar-refractivity contribution in [3.63, 3.8) is 0 Å². The van der Waals surface area contributed by atoms with E-state index in [1.807, 2.05) is 0 Å². The highest BCUT2D eigenvalue weighted by Gasteiger charge is 2.58. The van der Waals surface area contributed by atoms with E-state index in [4.69, 9.17) is 14.2 Å². The lowest BCUT2D eigenvalue weighted by atomic mass is 9.51. The number of hydrogen-bond acceptors (Lipinski definition) is 6. The van der Waals surface area contributed by atoms with Gasteiger partial charge in [-0.1, -0.05) is 26.0 Å². The topological polar surface area (TPSA) is 65.1 Å². The van der Waals surface area contributed by atoms with Crippen LogP contribution in [-0.4, -0.2) is 61.9 Å². The molecule has 7 atom stereocenters. The van der Waals surface area contributed by atoms with E-state index >= 15 is 0 Å². The van der Waals surface area contributed by atoms with Gasteiger partial charge in [-0.3, -0.25) is 14.5 Å². The summed E-state index contributed by atoms with van der Waals surface area (Å²) in [4.78, 5) is 26.5. The minimum absolute atomic E-state index is 0.00689. The van der Waals surface area contributed by atoms with Gasteiger partial charge in [0, 0.05) is 38.8 Å². The number of carbonyl (C=O) groups excluding carboxylic acids is 2. The van der Waals surface area contributed by atoms with Gasteiger partial charge in [0.2, 0.25) is 0 Å². The minimum Gasteiger partial charge on any atom is -0.463 e. The van der Waals surface area contributed by atoms with Gasteiger partial charge in [0.05, 0.1) is 13.2 Å². The minimum atomic E-state index is -0.184. The highest BCUT2D eigenvalue weighted by atomic mass is 16.5. The molecule has 0 aromatic heterocycles. The van der Waals surface area contributed by atoms with E-state index in [9.17, 15) is 9.59 Å².